The third-order valence-corrected chi connectivity index (χ3v) is 5.05. The largest absolute Gasteiger partial charge is 0.142 e. The van der Waals surface area contributed by atoms with Crippen molar-refractivity contribution in [2.45, 2.75) is 9.79 Å². The van der Waals surface area contributed by atoms with Gasteiger partial charge in [0.1, 0.15) is 0 Å². The number of rotatable bonds is 1. The molecule has 0 saturated heterocycles. The number of thioether (sulfide) groups is 1. The highest BCUT2D eigenvalue weighted by Crippen LogP contribution is 2.24. The van der Waals surface area contributed by atoms with Gasteiger partial charge in [-0.1, -0.05) is 46.9 Å². The number of hydrogen-bond acceptors (Lipinski definition) is 2. The van der Waals surface area contributed by atoms with Gasteiger partial charge in [0.25, 0.3) is 0 Å². The molecule has 2 rings (SSSR count). The molecule has 104 valence electrons. The van der Waals surface area contributed by atoms with Crippen LogP contribution in [0.2, 0.25) is 0 Å². The van der Waals surface area contributed by atoms with Crippen molar-refractivity contribution in [1.82, 2.24) is 0 Å². The Kier molecular flexibility index (Phi) is 13.1. The number of thiol groups is 1. The second-order valence-corrected chi connectivity index (χ2v) is 6.12. The lowest BCUT2D eigenvalue weighted by Crippen LogP contribution is -1.68. The first-order chi connectivity index (χ1) is 9.15. The van der Waals surface area contributed by atoms with Crippen molar-refractivity contribution in [2.24, 2.45) is 0 Å². The molecule has 0 heterocycles. The zero-order chi connectivity index (χ0) is 14.7. The van der Waals surface area contributed by atoms with E-state index in [1.807, 2.05) is 47.4 Å². The van der Waals surface area contributed by atoms with Gasteiger partial charge in [-0.25, -0.2) is 0 Å². The number of halogens is 3. The quantitative estimate of drug-likeness (QED) is 0.179. The minimum Gasteiger partial charge on any atom is -0.142 e. The topological polar surface area (TPSA) is 0 Å². The molecule has 0 nitrogen and oxygen atoms in total. The summed E-state index contributed by atoms with van der Waals surface area (Å²) in [5.74, 6) is 0. The van der Waals surface area contributed by atoms with E-state index < -0.39 is 0 Å². The van der Waals surface area contributed by atoms with E-state index in [1.165, 1.54) is 9.37 Å². The fourth-order valence-electron chi connectivity index (χ4n) is 1.06. The first kappa shape index (κ1) is 19.8. The molecular weight excluding hydrogens is 519 g/mol. The van der Waals surface area contributed by atoms with Gasteiger partial charge < -0.3 is 0 Å². The molecule has 0 bridgehead atoms. The van der Waals surface area contributed by atoms with Gasteiger partial charge in [0, 0.05) is 18.7 Å². The molecule has 0 aliphatic rings. The molecule has 0 aromatic heterocycles. The molecular formula is C14H15Br2IS2. The van der Waals surface area contributed by atoms with Crippen LogP contribution in [0.25, 0.3) is 0 Å². The Balaban J connectivity index is 0.000000303. The van der Waals surface area contributed by atoms with Gasteiger partial charge in [-0.2, -0.15) is 0 Å². The van der Waals surface area contributed by atoms with Crippen LogP contribution in [0.5, 0.6) is 0 Å². The van der Waals surface area contributed by atoms with Crippen LogP contribution >= 0.6 is 78.8 Å². The van der Waals surface area contributed by atoms with E-state index >= 15 is 0 Å². The van der Waals surface area contributed by atoms with Crippen LogP contribution in [0.1, 0.15) is 0 Å². The third kappa shape index (κ3) is 8.65. The molecule has 0 spiro atoms. The predicted octanol–water partition coefficient (Wildman–Crippen LogP) is 6.96. The van der Waals surface area contributed by atoms with Crippen molar-refractivity contribution >= 4 is 78.8 Å². The Labute approximate surface area is 156 Å². The van der Waals surface area contributed by atoms with E-state index in [9.17, 15) is 0 Å². The van der Waals surface area contributed by atoms with Crippen LogP contribution in [0.4, 0.5) is 0 Å². The fourth-order valence-corrected chi connectivity index (χ4v) is 2.76. The van der Waals surface area contributed by atoms with Gasteiger partial charge in [0.05, 0.1) is 0 Å². The second-order valence-electron chi connectivity index (χ2n) is 3.09. The molecule has 2 aromatic rings. The second kappa shape index (κ2) is 12.6. The molecule has 0 radical (unpaired) electrons. The van der Waals surface area contributed by atoms with Gasteiger partial charge >= 0.3 is 0 Å². The first-order valence-electron chi connectivity index (χ1n) is 5.25. The molecule has 0 fully saturated rings. The normalized spacial score (nSPS) is 8.74. The average molecular weight is 534 g/mol. The Morgan fingerprint density at radius 3 is 1.68 bits per heavy atom. The van der Waals surface area contributed by atoms with Crippen molar-refractivity contribution in [3.63, 3.8) is 0 Å². The summed E-state index contributed by atoms with van der Waals surface area (Å²) in [6.07, 6.45) is 2.07. The van der Waals surface area contributed by atoms with E-state index in [4.69, 9.17) is 0 Å². The number of hydrogen-bond donors (Lipinski definition) is 1. The summed E-state index contributed by atoms with van der Waals surface area (Å²) in [6, 6.07) is 16.0. The van der Waals surface area contributed by atoms with Crippen molar-refractivity contribution in [1.29, 1.82) is 0 Å². The molecule has 5 heteroatoms. The molecule has 0 amide bonds. The minimum atomic E-state index is 0.979. The summed E-state index contributed by atoms with van der Waals surface area (Å²) in [5.41, 5.74) is 0. The third-order valence-electron chi connectivity index (χ3n) is 1.91. The Hall–Kier alpha value is 0.830. The zero-order valence-electron chi connectivity index (χ0n) is 10.6. The maximum absolute atomic E-state index is 4.15. The summed E-state index contributed by atoms with van der Waals surface area (Å²) in [4.78, 5) is 4.24. The van der Waals surface area contributed by atoms with E-state index in [-0.39, 0.29) is 0 Å². The maximum Gasteiger partial charge on any atom is 0.0311 e. The van der Waals surface area contributed by atoms with Gasteiger partial charge in [-0.05, 0) is 67.3 Å². The summed E-state index contributed by atoms with van der Waals surface area (Å²) < 4.78 is 2.22. The van der Waals surface area contributed by atoms with Crippen molar-refractivity contribution in [3.8, 4) is 0 Å². The SMILES string of the molecule is CI.CSc1ccccc1Br.Sc1ccccc1Br. The summed E-state index contributed by atoms with van der Waals surface area (Å²) >= 11 is 14.8. The van der Waals surface area contributed by atoms with Crippen molar-refractivity contribution < 1.29 is 0 Å². The molecule has 2 aromatic carbocycles. The van der Waals surface area contributed by atoms with Crippen molar-refractivity contribution in [3.05, 3.63) is 57.5 Å². The van der Waals surface area contributed by atoms with Crippen molar-refractivity contribution in [2.75, 3.05) is 11.2 Å². The molecule has 19 heavy (non-hydrogen) atoms. The predicted molar refractivity (Wildman–Crippen MR) is 107 cm³/mol. The lowest BCUT2D eigenvalue weighted by Gasteiger charge is -1.96. The molecule has 0 aliphatic heterocycles. The smallest absolute Gasteiger partial charge is 0.0311 e. The standard InChI is InChI=1S/C7H7BrS.C6H5BrS.CH3I/c1-9-7-5-3-2-4-6(7)8;7-5-3-1-2-4-6(5)8;1-2/h2-5H,1H3;1-4,8H;1H3. The Morgan fingerprint density at radius 2 is 1.37 bits per heavy atom. The van der Waals surface area contributed by atoms with E-state index in [0.717, 1.165) is 9.37 Å². The van der Waals surface area contributed by atoms with Gasteiger partial charge in [0.2, 0.25) is 0 Å². The molecule has 0 N–H and O–H groups in total. The van der Waals surface area contributed by atoms with E-state index in [2.05, 4.69) is 79.4 Å². The fraction of sp³-hybridized carbons (Fsp3) is 0.143. The van der Waals surface area contributed by atoms with Crippen LogP contribution in [0, 0.1) is 0 Å². The highest BCUT2D eigenvalue weighted by molar-refractivity contribution is 14.1. The van der Waals surface area contributed by atoms with Crippen LogP contribution in [0.3, 0.4) is 0 Å². The summed E-state index contributed by atoms with van der Waals surface area (Å²) in [5, 5.41) is 0. The number of benzene rings is 2. The maximum atomic E-state index is 4.15. The highest BCUT2D eigenvalue weighted by atomic mass is 127. The first-order valence-corrected chi connectivity index (χ1v) is 10.7. The van der Waals surface area contributed by atoms with Crippen LogP contribution in [-0.2, 0) is 0 Å². The summed E-state index contributed by atoms with van der Waals surface area (Å²) in [7, 11) is 0. The van der Waals surface area contributed by atoms with Crippen LogP contribution < -0.4 is 0 Å². The average Bonchev–Trinajstić information content (AvgIpc) is 2.46. The van der Waals surface area contributed by atoms with Gasteiger partial charge in [-0.15, -0.1) is 24.4 Å². The lowest BCUT2D eigenvalue weighted by molar-refractivity contribution is 1.41. The Bertz CT molecular complexity index is 458. The molecule has 0 aliphatic carbocycles. The minimum absolute atomic E-state index is 0.979. The zero-order valence-corrected chi connectivity index (χ0v) is 17.6. The van der Waals surface area contributed by atoms with E-state index in [1.54, 1.807) is 11.8 Å². The van der Waals surface area contributed by atoms with Crippen LogP contribution in [-0.4, -0.2) is 11.2 Å². The van der Waals surface area contributed by atoms with E-state index in [0.29, 0.717) is 0 Å². The monoisotopic (exact) mass is 532 g/mol. The molecule has 0 saturated carbocycles. The highest BCUT2D eigenvalue weighted by Gasteiger charge is 1.92. The lowest BCUT2D eigenvalue weighted by atomic mass is 10.4. The Morgan fingerprint density at radius 1 is 0.895 bits per heavy atom. The van der Waals surface area contributed by atoms with Gasteiger partial charge in [-0.3, -0.25) is 0 Å². The molecule has 0 atom stereocenters. The molecule has 0 unspecified atom stereocenters. The van der Waals surface area contributed by atoms with Crippen LogP contribution in [0.15, 0.2) is 67.3 Å². The summed E-state index contributed by atoms with van der Waals surface area (Å²) in [6.45, 7) is 0. The van der Waals surface area contributed by atoms with Gasteiger partial charge in [0.15, 0.2) is 0 Å². The number of alkyl halides is 1.